The Morgan fingerprint density at radius 3 is 2.62 bits per heavy atom. The highest BCUT2D eigenvalue weighted by Gasteiger charge is 2.17. The molecular formula is C14H30N2. The number of piperidine rings is 1. The van der Waals surface area contributed by atoms with Gasteiger partial charge in [0.05, 0.1) is 0 Å². The molecule has 1 saturated heterocycles. The van der Waals surface area contributed by atoms with E-state index in [0.29, 0.717) is 6.04 Å². The van der Waals surface area contributed by atoms with Gasteiger partial charge in [-0.05, 0) is 66.2 Å². The molecule has 96 valence electrons. The topological polar surface area (TPSA) is 6.48 Å². The van der Waals surface area contributed by atoms with Crippen molar-refractivity contribution in [2.45, 2.75) is 65.5 Å². The van der Waals surface area contributed by atoms with Crippen molar-refractivity contribution in [3.63, 3.8) is 0 Å². The minimum absolute atomic E-state index is 0.698. The van der Waals surface area contributed by atoms with Crippen molar-refractivity contribution in [3.8, 4) is 0 Å². The van der Waals surface area contributed by atoms with Gasteiger partial charge in [0.25, 0.3) is 0 Å². The van der Waals surface area contributed by atoms with Gasteiger partial charge in [0.2, 0.25) is 0 Å². The average Bonchev–Trinajstić information content (AvgIpc) is 2.26. The molecule has 0 spiro atoms. The van der Waals surface area contributed by atoms with Crippen LogP contribution in [0.4, 0.5) is 0 Å². The average molecular weight is 226 g/mol. The number of hydrogen-bond acceptors (Lipinski definition) is 2. The molecule has 0 aromatic carbocycles. The lowest BCUT2D eigenvalue weighted by atomic mass is 10.0. The van der Waals surface area contributed by atoms with Crippen molar-refractivity contribution in [2.75, 3.05) is 26.2 Å². The minimum atomic E-state index is 0.698. The van der Waals surface area contributed by atoms with Crippen LogP contribution in [0, 0.1) is 0 Å². The molecule has 1 unspecified atom stereocenters. The van der Waals surface area contributed by atoms with Crippen LogP contribution in [-0.4, -0.2) is 48.1 Å². The summed E-state index contributed by atoms with van der Waals surface area (Å²) in [7, 11) is 0. The monoisotopic (exact) mass is 226 g/mol. The Morgan fingerprint density at radius 1 is 1.31 bits per heavy atom. The molecule has 0 saturated carbocycles. The van der Waals surface area contributed by atoms with Gasteiger partial charge in [-0.15, -0.1) is 0 Å². The van der Waals surface area contributed by atoms with E-state index in [1.807, 2.05) is 0 Å². The maximum atomic E-state index is 2.68. The quantitative estimate of drug-likeness (QED) is 0.687. The van der Waals surface area contributed by atoms with Gasteiger partial charge in [0, 0.05) is 12.1 Å². The molecule has 2 nitrogen and oxygen atoms in total. The summed E-state index contributed by atoms with van der Waals surface area (Å²) in [5.41, 5.74) is 0. The van der Waals surface area contributed by atoms with Crippen LogP contribution < -0.4 is 0 Å². The van der Waals surface area contributed by atoms with Crippen LogP contribution in [0.5, 0.6) is 0 Å². The second kappa shape index (κ2) is 7.29. The second-order valence-corrected chi connectivity index (χ2v) is 5.46. The van der Waals surface area contributed by atoms with E-state index in [2.05, 4.69) is 37.5 Å². The molecule has 0 aromatic rings. The van der Waals surface area contributed by atoms with E-state index in [-0.39, 0.29) is 0 Å². The fourth-order valence-electron chi connectivity index (χ4n) is 2.75. The molecule has 1 atom stereocenters. The molecule has 1 fully saturated rings. The Hall–Kier alpha value is -0.0800. The van der Waals surface area contributed by atoms with Gasteiger partial charge >= 0.3 is 0 Å². The van der Waals surface area contributed by atoms with Crippen molar-refractivity contribution < 1.29 is 0 Å². The lowest BCUT2D eigenvalue weighted by molar-refractivity contribution is 0.144. The summed E-state index contributed by atoms with van der Waals surface area (Å²) >= 11 is 0. The Balaban J connectivity index is 2.18. The van der Waals surface area contributed by atoms with E-state index in [1.54, 1.807) is 0 Å². The van der Waals surface area contributed by atoms with E-state index in [0.717, 1.165) is 6.04 Å². The molecular weight excluding hydrogens is 196 g/mol. The van der Waals surface area contributed by atoms with Crippen LogP contribution in [0.25, 0.3) is 0 Å². The number of likely N-dealkylation sites (tertiary alicyclic amines) is 1. The number of hydrogen-bond donors (Lipinski definition) is 0. The molecule has 1 aliphatic heterocycles. The van der Waals surface area contributed by atoms with Crippen LogP contribution in [0.1, 0.15) is 53.4 Å². The maximum absolute atomic E-state index is 2.68. The molecule has 0 aromatic heterocycles. The van der Waals surface area contributed by atoms with Gasteiger partial charge < -0.3 is 9.80 Å². The Labute approximate surface area is 102 Å². The first-order valence-electron chi connectivity index (χ1n) is 7.13. The fourth-order valence-corrected chi connectivity index (χ4v) is 2.75. The summed E-state index contributed by atoms with van der Waals surface area (Å²) in [6.45, 7) is 14.3. The van der Waals surface area contributed by atoms with E-state index in [4.69, 9.17) is 0 Å². The maximum Gasteiger partial charge on any atom is 0.00669 e. The molecule has 0 bridgehead atoms. The summed E-state index contributed by atoms with van der Waals surface area (Å²) in [6.07, 6.45) is 5.58. The van der Waals surface area contributed by atoms with Gasteiger partial charge in [-0.2, -0.15) is 0 Å². The molecule has 2 heteroatoms. The number of rotatable bonds is 6. The Bertz CT molecular complexity index is 180. The highest BCUT2D eigenvalue weighted by atomic mass is 15.2. The molecule has 0 aliphatic carbocycles. The highest BCUT2D eigenvalue weighted by molar-refractivity contribution is 4.73. The lowest BCUT2D eigenvalue weighted by Gasteiger charge is -2.34. The number of nitrogens with zero attached hydrogens (tertiary/aromatic N) is 2. The van der Waals surface area contributed by atoms with Gasteiger partial charge in [-0.3, -0.25) is 0 Å². The van der Waals surface area contributed by atoms with Crippen LogP contribution in [0.2, 0.25) is 0 Å². The van der Waals surface area contributed by atoms with E-state index in [1.165, 1.54) is 51.9 Å². The predicted molar refractivity (Wildman–Crippen MR) is 71.9 cm³/mol. The molecule has 0 radical (unpaired) electrons. The van der Waals surface area contributed by atoms with Crippen LogP contribution in [0.15, 0.2) is 0 Å². The summed E-state index contributed by atoms with van der Waals surface area (Å²) < 4.78 is 0. The molecule has 0 amide bonds. The first-order chi connectivity index (χ1) is 7.65. The van der Waals surface area contributed by atoms with E-state index >= 15 is 0 Å². The van der Waals surface area contributed by atoms with Gasteiger partial charge in [-0.1, -0.05) is 13.3 Å². The van der Waals surface area contributed by atoms with E-state index in [9.17, 15) is 0 Å². The normalized spacial score (nSPS) is 23.2. The Morgan fingerprint density at radius 2 is 2.06 bits per heavy atom. The van der Waals surface area contributed by atoms with Crippen LogP contribution >= 0.6 is 0 Å². The third-order valence-corrected chi connectivity index (χ3v) is 3.97. The summed E-state index contributed by atoms with van der Waals surface area (Å²) in [5.74, 6) is 0. The molecule has 0 N–H and O–H groups in total. The van der Waals surface area contributed by atoms with Gasteiger partial charge in [0.15, 0.2) is 0 Å². The zero-order valence-electron chi connectivity index (χ0n) is 11.7. The molecule has 1 aliphatic rings. The van der Waals surface area contributed by atoms with Gasteiger partial charge in [-0.25, -0.2) is 0 Å². The summed E-state index contributed by atoms with van der Waals surface area (Å²) in [5, 5.41) is 0. The van der Waals surface area contributed by atoms with E-state index < -0.39 is 0 Å². The molecule has 1 rings (SSSR count). The molecule has 16 heavy (non-hydrogen) atoms. The summed E-state index contributed by atoms with van der Waals surface area (Å²) in [4.78, 5) is 5.24. The van der Waals surface area contributed by atoms with Crippen molar-refractivity contribution in [1.29, 1.82) is 0 Å². The standard InChI is InChI=1S/C14H30N2/c1-5-15(13(2)3)11-8-12-16-10-7-6-9-14(16)4/h13-14H,5-12H2,1-4H3. The van der Waals surface area contributed by atoms with Gasteiger partial charge in [0.1, 0.15) is 0 Å². The predicted octanol–water partition coefficient (Wildman–Crippen LogP) is 2.98. The van der Waals surface area contributed by atoms with Crippen molar-refractivity contribution >= 4 is 0 Å². The zero-order chi connectivity index (χ0) is 12.0. The zero-order valence-corrected chi connectivity index (χ0v) is 11.7. The lowest BCUT2D eigenvalue weighted by Crippen LogP contribution is -2.40. The Kier molecular flexibility index (Phi) is 6.37. The highest BCUT2D eigenvalue weighted by Crippen LogP contribution is 2.16. The second-order valence-electron chi connectivity index (χ2n) is 5.46. The first kappa shape index (κ1) is 14.0. The first-order valence-corrected chi connectivity index (χ1v) is 7.13. The minimum Gasteiger partial charge on any atom is -0.301 e. The third kappa shape index (κ3) is 4.42. The third-order valence-electron chi connectivity index (χ3n) is 3.97. The SMILES string of the molecule is CCN(CCCN1CCCCC1C)C(C)C. The smallest absolute Gasteiger partial charge is 0.00669 e. The summed E-state index contributed by atoms with van der Waals surface area (Å²) in [6, 6.07) is 1.52. The van der Waals surface area contributed by atoms with Crippen LogP contribution in [0.3, 0.4) is 0 Å². The van der Waals surface area contributed by atoms with Crippen LogP contribution in [-0.2, 0) is 0 Å². The van der Waals surface area contributed by atoms with Crippen molar-refractivity contribution in [3.05, 3.63) is 0 Å². The largest absolute Gasteiger partial charge is 0.301 e. The fraction of sp³-hybridized carbons (Fsp3) is 1.00. The van der Waals surface area contributed by atoms with Crippen molar-refractivity contribution in [1.82, 2.24) is 9.80 Å². The molecule has 1 heterocycles. The van der Waals surface area contributed by atoms with Crippen molar-refractivity contribution in [2.24, 2.45) is 0 Å².